The van der Waals surface area contributed by atoms with E-state index in [1.165, 1.54) is 6.07 Å². The summed E-state index contributed by atoms with van der Waals surface area (Å²) in [4.78, 5) is 0. The Bertz CT molecular complexity index is 542. The van der Waals surface area contributed by atoms with Gasteiger partial charge in [-0.1, -0.05) is 15.9 Å². The highest BCUT2D eigenvalue weighted by atomic mass is 79.9. The molecular formula is C13H15BrFNO. The molecule has 0 atom stereocenters. The molecule has 4 heteroatoms. The van der Waals surface area contributed by atoms with Crippen molar-refractivity contribution in [3.8, 4) is 0 Å². The zero-order valence-electron chi connectivity index (χ0n) is 10.1. The van der Waals surface area contributed by atoms with E-state index < -0.39 is 0 Å². The zero-order chi connectivity index (χ0) is 12.6. The summed E-state index contributed by atoms with van der Waals surface area (Å²) < 4.78 is 19.8. The lowest BCUT2D eigenvalue weighted by Crippen LogP contribution is -2.34. The minimum absolute atomic E-state index is 0.0120. The van der Waals surface area contributed by atoms with E-state index in [4.69, 9.17) is 4.42 Å². The van der Waals surface area contributed by atoms with E-state index in [1.54, 1.807) is 0 Å². The van der Waals surface area contributed by atoms with E-state index in [9.17, 15) is 4.39 Å². The van der Waals surface area contributed by atoms with Crippen molar-refractivity contribution in [3.63, 3.8) is 0 Å². The van der Waals surface area contributed by atoms with E-state index >= 15 is 0 Å². The van der Waals surface area contributed by atoms with Crippen LogP contribution < -0.4 is 5.32 Å². The Kier molecular flexibility index (Phi) is 3.27. The first-order chi connectivity index (χ1) is 7.85. The minimum Gasteiger partial charge on any atom is -0.457 e. The molecule has 0 aliphatic rings. The number of nitrogens with one attached hydrogen (secondary N) is 1. The van der Waals surface area contributed by atoms with Crippen LogP contribution >= 0.6 is 15.9 Å². The van der Waals surface area contributed by atoms with Crippen molar-refractivity contribution in [2.24, 2.45) is 0 Å². The van der Waals surface area contributed by atoms with Crippen LogP contribution in [0.2, 0.25) is 0 Å². The topological polar surface area (TPSA) is 25.2 Å². The van der Waals surface area contributed by atoms with Crippen molar-refractivity contribution in [1.82, 2.24) is 5.32 Å². The number of hydrogen-bond acceptors (Lipinski definition) is 2. The smallest absolute Gasteiger partial charge is 0.170 e. The van der Waals surface area contributed by atoms with Gasteiger partial charge in [0.2, 0.25) is 0 Å². The third-order valence-corrected chi connectivity index (χ3v) is 2.84. The molecular weight excluding hydrogens is 285 g/mol. The molecule has 0 aliphatic carbocycles. The van der Waals surface area contributed by atoms with Gasteiger partial charge in [-0.25, -0.2) is 4.39 Å². The number of furan rings is 1. The maximum atomic E-state index is 13.6. The Balaban J connectivity index is 2.29. The predicted molar refractivity (Wildman–Crippen MR) is 70.5 cm³/mol. The van der Waals surface area contributed by atoms with Gasteiger partial charge in [0.05, 0.1) is 6.54 Å². The molecule has 2 aromatic rings. The van der Waals surface area contributed by atoms with E-state index in [-0.39, 0.29) is 11.4 Å². The van der Waals surface area contributed by atoms with Gasteiger partial charge in [-0.15, -0.1) is 0 Å². The van der Waals surface area contributed by atoms with Gasteiger partial charge in [-0.05, 0) is 39.0 Å². The molecule has 1 aromatic heterocycles. The summed E-state index contributed by atoms with van der Waals surface area (Å²) in [6.07, 6.45) is 0. The number of rotatable bonds is 2. The van der Waals surface area contributed by atoms with Crippen molar-refractivity contribution in [1.29, 1.82) is 0 Å². The molecule has 1 aromatic carbocycles. The monoisotopic (exact) mass is 299 g/mol. The van der Waals surface area contributed by atoms with E-state index in [0.29, 0.717) is 12.1 Å². The maximum Gasteiger partial charge on any atom is 0.170 e. The molecule has 17 heavy (non-hydrogen) atoms. The van der Waals surface area contributed by atoms with Crippen molar-refractivity contribution in [3.05, 3.63) is 34.2 Å². The van der Waals surface area contributed by atoms with Gasteiger partial charge >= 0.3 is 0 Å². The SMILES string of the molecule is CC(C)(C)NCc1cc2cc(Br)cc(F)c2o1. The third kappa shape index (κ3) is 3.07. The largest absolute Gasteiger partial charge is 0.457 e. The summed E-state index contributed by atoms with van der Waals surface area (Å²) in [5.74, 6) is 0.406. The van der Waals surface area contributed by atoms with Gasteiger partial charge in [0.15, 0.2) is 11.4 Å². The van der Waals surface area contributed by atoms with Crippen molar-refractivity contribution < 1.29 is 8.81 Å². The fourth-order valence-electron chi connectivity index (χ4n) is 1.57. The van der Waals surface area contributed by atoms with Crippen LogP contribution in [0.3, 0.4) is 0 Å². The van der Waals surface area contributed by atoms with E-state index in [0.717, 1.165) is 15.6 Å². The number of fused-ring (bicyclic) bond motifs is 1. The van der Waals surface area contributed by atoms with Crippen LogP contribution in [0.1, 0.15) is 26.5 Å². The summed E-state index contributed by atoms with van der Waals surface area (Å²) >= 11 is 3.27. The van der Waals surface area contributed by atoms with Crippen molar-refractivity contribution in [2.45, 2.75) is 32.9 Å². The minimum atomic E-state index is -0.337. The lowest BCUT2D eigenvalue weighted by molar-refractivity contribution is 0.393. The van der Waals surface area contributed by atoms with Gasteiger partial charge < -0.3 is 9.73 Å². The molecule has 1 N–H and O–H groups in total. The first-order valence-corrected chi connectivity index (χ1v) is 6.27. The molecule has 1 heterocycles. The van der Waals surface area contributed by atoms with Crippen LogP contribution in [0.25, 0.3) is 11.0 Å². The van der Waals surface area contributed by atoms with Gasteiger partial charge in [-0.2, -0.15) is 0 Å². The number of halogens is 2. The lowest BCUT2D eigenvalue weighted by atomic mass is 10.1. The molecule has 2 nitrogen and oxygen atoms in total. The zero-order valence-corrected chi connectivity index (χ0v) is 11.7. The first kappa shape index (κ1) is 12.6. The second kappa shape index (κ2) is 4.42. The van der Waals surface area contributed by atoms with E-state index in [2.05, 4.69) is 42.0 Å². The summed E-state index contributed by atoms with van der Waals surface area (Å²) in [6.45, 7) is 6.82. The molecule has 0 radical (unpaired) electrons. The number of hydrogen-bond donors (Lipinski definition) is 1. The quantitative estimate of drug-likeness (QED) is 0.898. The molecule has 0 amide bonds. The fourth-order valence-corrected chi connectivity index (χ4v) is 2.02. The van der Waals surface area contributed by atoms with E-state index in [1.807, 2.05) is 12.1 Å². The molecule has 0 bridgehead atoms. The second-order valence-electron chi connectivity index (χ2n) is 5.12. The van der Waals surface area contributed by atoms with Crippen molar-refractivity contribution >= 4 is 26.9 Å². The second-order valence-corrected chi connectivity index (χ2v) is 6.04. The van der Waals surface area contributed by atoms with Crippen LogP contribution in [0, 0.1) is 5.82 Å². The predicted octanol–water partition coefficient (Wildman–Crippen LogP) is 4.22. The molecule has 0 spiro atoms. The summed E-state index contributed by atoms with van der Waals surface area (Å²) in [5, 5.41) is 4.09. The van der Waals surface area contributed by atoms with Crippen LogP contribution in [0.15, 0.2) is 27.1 Å². The highest BCUT2D eigenvalue weighted by molar-refractivity contribution is 9.10. The highest BCUT2D eigenvalue weighted by Crippen LogP contribution is 2.26. The first-order valence-electron chi connectivity index (χ1n) is 5.48. The maximum absolute atomic E-state index is 13.6. The summed E-state index contributed by atoms with van der Waals surface area (Å²) in [7, 11) is 0. The Morgan fingerprint density at radius 2 is 2.00 bits per heavy atom. The molecule has 0 saturated carbocycles. The Morgan fingerprint density at radius 1 is 1.29 bits per heavy atom. The molecule has 92 valence electrons. The molecule has 2 rings (SSSR count). The van der Waals surface area contributed by atoms with Gasteiger partial charge in [0.1, 0.15) is 5.76 Å². The number of benzene rings is 1. The van der Waals surface area contributed by atoms with Gasteiger partial charge in [-0.3, -0.25) is 0 Å². The normalized spacial score (nSPS) is 12.3. The van der Waals surface area contributed by atoms with Crippen molar-refractivity contribution in [2.75, 3.05) is 0 Å². The molecule has 0 fully saturated rings. The summed E-state index contributed by atoms with van der Waals surface area (Å²) in [6, 6.07) is 5.12. The average Bonchev–Trinajstić information content (AvgIpc) is 2.56. The van der Waals surface area contributed by atoms with Gasteiger partial charge in [0.25, 0.3) is 0 Å². The van der Waals surface area contributed by atoms with Crippen LogP contribution in [-0.2, 0) is 6.54 Å². The summed E-state index contributed by atoms with van der Waals surface area (Å²) in [5.41, 5.74) is 0.330. The fraction of sp³-hybridized carbons (Fsp3) is 0.385. The Hall–Kier alpha value is -0.870. The standard InChI is InChI=1S/C13H15BrFNO/c1-13(2,3)16-7-10-5-8-4-9(14)6-11(15)12(8)17-10/h4-6,16H,7H2,1-3H3. The lowest BCUT2D eigenvalue weighted by Gasteiger charge is -2.19. The van der Waals surface area contributed by atoms with Crippen LogP contribution in [-0.4, -0.2) is 5.54 Å². The molecule has 0 aliphatic heterocycles. The third-order valence-electron chi connectivity index (χ3n) is 2.38. The Labute approximate surface area is 108 Å². The molecule has 0 saturated heterocycles. The van der Waals surface area contributed by atoms with Crippen LogP contribution in [0.5, 0.6) is 0 Å². The highest BCUT2D eigenvalue weighted by Gasteiger charge is 2.13. The van der Waals surface area contributed by atoms with Crippen LogP contribution in [0.4, 0.5) is 4.39 Å². The van der Waals surface area contributed by atoms with Gasteiger partial charge in [0, 0.05) is 15.4 Å². The Morgan fingerprint density at radius 3 is 2.65 bits per heavy atom. The molecule has 0 unspecified atom stereocenters. The average molecular weight is 300 g/mol.